The van der Waals surface area contributed by atoms with Crippen molar-refractivity contribution in [2.24, 2.45) is 0 Å². The number of nitrogens with one attached hydrogen (secondary N) is 1. The van der Waals surface area contributed by atoms with E-state index in [0.717, 1.165) is 30.7 Å². The number of fused-ring (bicyclic) bond motifs is 1. The number of amides is 1. The van der Waals surface area contributed by atoms with Crippen molar-refractivity contribution in [3.63, 3.8) is 0 Å². The van der Waals surface area contributed by atoms with Crippen molar-refractivity contribution >= 4 is 35.1 Å². The molecular formula is C29H27Cl2NO5. The molecule has 192 valence electrons. The standard InChI is InChI=1S/C29H27Cl2NO5/c30-20-8-4-17(5-9-20)19-2-1-3-21(14-19)32-28(33)18-6-10-22(11-7-18)37-27-16-26-24(15-25(27)31)23(29(34)35)12-13-36-26/h4-11,15-16,19,21,23H,1-3,12-14H2,(H,32,33)(H,34,35). The van der Waals surface area contributed by atoms with E-state index in [-0.39, 0.29) is 11.9 Å². The summed E-state index contributed by atoms with van der Waals surface area (Å²) in [5, 5.41) is 13.7. The molecule has 1 fully saturated rings. The summed E-state index contributed by atoms with van der Waals surface area (Å²) in [6.07, 6.45) is 4.41. The van der Waals surface area contributed by atoms with Gasteiger partial charge in [-0.25, -0.2) is 0 Å². The van der Waals surface area contributed by atoms with Gasteiger partial charge in [-0.1, -0.05) is 41.8 Å². The largest absolute Gasteiger partial charge is 0.493 e. The summed E-state index contributed by atoms with van der Waals surface area (Å²) in [7, 11) is 0. The second kappa shape index (κ2) is 11.0. The van der Waals surface area contributed by atoms with Gasteiger partial charge in [-0.3, -0.25) is 9.59 Å². The molecule has 0 spiro atoms. The van der Waals surface area contributed by atoms with E-state index in [0.29, 0.717) is 52.3 Å². The van der Waals surface area contributed by atoms with Crippen LogP contribution in [0.15, 0.2) is 60.7 Å². The average Bonchev–Trinajstić information content (AvgIpc) is 2.89. The van der Waals surface area contributed by atoms with Crippen LogP contribution >= 0.6 is 23.2 Å². The topological polar surface area (TPSA) is 84.9 Å². The zero-order chi connectivity index (χ0) is 25.9. The molecule has 6 nitrogen and oxygen atoms in total. The third-order valence-electron chi connectivity index (χ3n) is 7.10. The molecule has 1 heterocycles. The van der Waals surface area contributed by atoms with Crippen LogP contribution in [0.5, 0.6) is 17.2 Å². The van der Waals surface area contributed by atoms with Crippen LogP contribution in [0, 0.1) is 0 Å². The lowest BCUT2D eigenvalue weighted by molar-refractivity contribution is -0.139. The summed E-state index contributed by atoms with van der Waals surface area (Å²) in [5.41, 5.74) is 2.35. The van der Waals surface area contributed by atoms with Crippen molar-refractivity contribution in [1.29, 1.82) is 0 Å². The van der Waals surface area contributed by atoms with Crippen LogP contribution in [-0.2, 0) is 4.79 Å². The Morgan fingerprint density at radius 1 is 0.973 bits per heavy atom. The van der Waals surface area contributed by atoms with Crippen molar-refractivity contribution in [3.05, 3.63) is 87.4 Å². The van der Waals surface area contributed by atoms with Crippen LogP contribution in [0.1, 0.15) is 65.4 Å². The van der Waals surface area contributed by atoms with Crippen LogP contribution in [0.4, 0.5) is 0 Å². The number of benzene rings is 3. The quantitative estimate of drug-likeness (QED) is 0.346. The molecule has 2 N–H and O–H groups in total. The molecule has 2 aliphatic rings. The van der Waals surface area contributed by atoms with Crippen molar-refractivity contribution in [2.75, 3.05) is 6.61 Å². The highest BCUT2D eigenvalue weighted by atomic mass is 35.5. The van der Waals surface area contributed by atoms with Gasteiger partial charge < -0.3 is 19.9 Å². The predicted molar refractivity (Wildman–Crippen MR) is 142 cm³/mol. The summed E-state index contributed by atoms with van der Waals surface area (Å²) in [6.45, 7) is 0.316. The summed E-state index contributed by atoms with van der Waals surface area (Å²) in [5.74, 6) is 0.0501. The molecule has 1 aliphatic heterocycles. The number of rotatable bonds is 6. The van der Waals surface area contributed by atoms with E-state index >= 15 is 0 Å². The minimum atomic E-state index is -0.906. The first-order valence-corrected chi connectivity index (χ1v) is 13.2. The van der Waals surface area contributed by atoms with Crippen LogP contribution in [-0.4, -0.2) is 29.6 Å². The first kappa shape index (κ1) is 25.4. The zero-order valence-corrected chi connectivity index (χ0v) is 21.6. The first-order valence-electron chi connectivity index (χ1n) is 12.4. The Morgan fingerprint density at radius 2 is 1.73 bits per heavy atom. The molecule has 3 aromatic carbocycles. The lowest BCUT2D eigenvalue weighted by Gasteiger charge is -2.30. The monoisotopic (exact) mass is 539 g/mol. The first-order chi connectivity index (χ1) is 17.9. The van der Waals surface area contributed by atoms with Crippen molar-refractivity contribution < 1.29 is 24.2 Å². The van der Waals surface area contributed by atoms with Gasteiger partial charge in [-0.05, 0) is 79.6 Å². The maximum atomic E-state index is 12.9. The zero-order valence-electron chi connectivity index (χ0n) is 20.1. The number of ether oxygens (including phenoxy) is 2. The Morgan fingerprint density at radius 3 is 2.46 bits per heavy atom. The smallest absolute Gasteiger partial charge is 0.311 e. The molecule has 3 unspecified atom stereocenters. The van der Waals surface area contributed by atoms with E-state index in [2.05, 4.69) is 17.4 Å². The molecule has 37 heavy (non-hydrogen) atoms. The highest BCUT2D eigenvalue weighted by molar-refractivity contribution is 6.32. The lowest BCUT2D eigenvalue weighted by Crippen LogP contribution is -2.37. The van der Waals surface area contributed by atoms with Gasteiger partial charge >= 0.3 is 5.97 Å². The third-order valence-corrected chi connectivity index (χ3v) is 7.64. The molecule has 5 rings (SSSR count). The normalized spacial score (nSPS) is 20.9. The molecule has 0 radical (unpaired) electrons. The van der Waals surface area contributed by atoms with Crippen molar-refractivity contribution in [3.8, 4) is 17.2 Å². The summed E-state index contributed by atoms with van der Waals surface area (Å²) in [4.78, 5) is 24.5. The van der Waals surface area contributed by atoms with Gasteiger partial charge in [0.1, 0.15) is 17.2 Å². The third kappa shape index (κ3) is 5.86. The van der Waals surface area contributed by atoms with Gasteiger partial charge in [0.25, 0.3) is 5.91 Å². The number of carbonyl (C=O) groups excluding carboxylic acids is 1. The number of hydrogen-bond donors (Lipinski definition) is 2. The van der Waals surface area contributed by atoms with E-state index in [9.17, 15) is 14.7 Å². The number of carboxylic acid groups (broad SMARTS) is 1. The predicted octanol–water partition coefficient (Wildman–Crippen LogP) is 7.19. The van der Waals surface area contributed by atoms with Crippen LogP contribution in [0.25, 0.3) is 0 Å². The van der Waals surface area contributed by atoms with Crippen molar-refractivity contribution in [1.82, 2.24) is 5.32 Å². The van der Waals surface area contributed by atoms with Gasteiger partial charge in [-0.15, -0.1) is 0 Å². The number of carbonyl (C=O) groups is 2. The fourth-order valence-electron chi connectivity index (χ4n) is 5.15. The van der Waals surface area contributed by atoms with Crippen LogP contribution < -0.4 is 14.8 Å². The van der Waals surface area contributed by atoms with Gasteiger partial charge in [0, 0.05) is 28.3 Å². The molecule has 8 heteroatoms. The van der Waals surface area contributed by atoms with E-state index in [1.54, 1.807) is 36.4 Å². The second-order valence-electron chi connectivity index (χ2n) is 9.56. The summed E-state index contributed by atoms with van der Waals surface area (Å²) < 4.78 is 11.6. The van der Waals surface area contributed by atoms with E-state index in [1.165, 1.54) is 5.56 Å². The van der Waals surface area contributed by atoms with Gasteiger partial charge in [0.2, 0.25) is 0 Å². The maximum Gasteiger partial charge on any atom is 0.311 e. The maximum absolute atomic E-state index is 12.9. The minimum absolute atomic E-state index is 0.113. The second-order valence-corrected chi connectivity index (χ2v) is 10.4. The fraction of sp³-hybridized carbons (Fsp3) is 0.310. The number of halogens is 2. The van der Waals surface area contributed by atoms with Gasteiger partial charge in [-0.2, -0.15) is 0 Å². The molecule has 0 saturated heterocycles. The Bertz CT molecular complexity index is 1290. The molecule has 1 amide bonds. The van der Waals surface area contributed by atoms with Gasteiger partial charge in [0.15, 0.2) is 0 Å². The van der Waals surface area contributed by atoms with Crippen LogP contribution in [0.2, 0.25) is 10.0 Å². The minimum Gasteiger partial charge on any atom is -0.493 e. The van der Waals surface area contributed by atoms with E-state index in [4.69, 9.17) is 32.7 Å². The summed E-state index contributed by atoms with van der Waals surface area (Å²) >= 11 is 12.4. The lowest BCUT2D eigenvalue weighted by atomic mass is 9.81. The molecule has 1 aliphatic carbocycles. The highest BCUT2D eigenvalue weighted by Crippen LogP contribution is 2.42. The summed E-state index contributed by atoms with van der Waals surface area (Å²) in [6, 6.07) is 18.2. The van der Waals surface area contributed by atoms with Gasteiger partial charge in [0.05, 0.1) is 17.5 Å². The van der Waals surface area contributed by atoms with E-state index in [1.807, 2.05) is 12.1 Å². The molecule has 3 atom stereocenters. The Balaban J connectivity index is 1.22. The fourth-order valence-corrected chi connectivity index (χ4v) is 5.49. The molecule has 3 aromatic rings. The van der Waals surface area contributed by atoms with Crippen LogP contribution in [0.3, 0.4) is 0 Å². The molecular weight excluding hydrogens is 513 g/mol. The molecule has 0 bridgehead atoms. The van der Waals surface area contributed by atoms with Crippen molar-refractivity contribution in [2.45, 2.75) is 50.0 Å². The molecule has 0 aromatic heterocycles. The Hall–Kier alpha value is -3.22. The van der Waals surface area contributed by atoms with E-state index < -0.39 is 11.9 Å². The number of carboxylic acids is 1. The number of hydrogen-bond acceptors (Lipinski definition) is 4. The SMILES string of the molecule is O=C(NC1CCCC(c2ccc(Cl)cc2)C1)c1ccc(Oc2cc3c(cc2Cl)C(C(=O)O)CCO3)cc1. The Kier molecular flexibility index (Phi) is 7.58. The molecule has 1 saturated carbocycles. The average molecular weight is 540 g/mol. The highest BCUT2D eigenvalue weighted by Gasteiger charge is 2.29. The number of aliphatic carboxylic acids is 1. The Labute approximate surface area is 225 Å².